The minimum Gasteiger partial charge on any atom is -0.487 e. The van der Waals surface area contributed by atoms with Crippen molar-refractivity contribution in [3.05, 3.63) is 83.9 Å². The molecule has 2 heterocycles. The van der Waals surface area contributed by atoms with Crippen LogP contribution in [0.5, 0.6) is 11.5 Å². The SMILES string of the molecule is CCC1(CC)C[C@@H](NC(=O)[C@H]2CN(S(=O)(=O)c3ccccc3)c3cc(C)ccc3O2)c2ccccc2O1. The number of rotatable bonds is 6. The fourth-order valence-electron chi connectivity index (χ4n) is 5.14. The number of anilines is 1. The lowest BCUT2D eigenvalue weighted by molar-refractivity contribution is -0.129. The van der Waals surface area contributed by atoms with E-state index < -0.39 is 16.1 Å². The van der Waals surface area contributed by atoms with Gasteiger partial charge in [-0.15, -0.1) is 0 Å². The van der Waals surface area contributed by atoms with Crippen molar-refractivity contribution in [2.75, 3.05) is 10.8 Å². The maximum Gasteiger partial charge on any atom is 0.264 e. The monoisotopic (exact) mass is 520 g/mol. The van der Waals surface area contributed by atoms with Crippen molar-refractivity contribution in [3.8, 4) is 11.5 Å². The van der Waals surface area contributed by atoms with Crippen LogP contribution in [0.4, 0.5) is 5.69 Å². The lowest BCUT2D eigenvalue weighted by Gasteiger charge is -2.42. The molecule has 7 nitrogen and oxygen atoms in total. The number of benzene rings is 3. The molecule has 0 radical (unpaired) electrons. The topological polar surface area (TPSA) is 84.9 Å². The van der Waals surface area contributed by atoms with Gasteiger partial charge in [0.1, 0.15) is 17.1 Å². The fourth-order valence-corrected chi connectivity index (χ4v) is 6.63. The van der Waals surface area contributed by atoms with Gasteiger partial charge in [-0.25, -0.2) is 8.42 Å². The molecule has 0 fully saturated rings. The van der Waals surface area contributed by atoms with E-state index >= 15 is 0 Å². The Kier molecular flexibility index (Phi) is 6.62. The van der Waals surface area contributed by atoms with Crippen LogP contribution in [0.3, 0.4) is 0 Å². The Morgan fingerprint density at radius 2 is 1.70 bits per heavy atom. The van der Waals surface area contributed by atoms with E-state index in [1.54, 1.807) is 42.5 Å². The van der Waals surface area contributed by atoms with Gasteiger partial charge < -0.3 is 14.8 Å². The number of fused-ring (bicyclic) bond motifs is 2. The molecule has 37 heavy (non-hydrogen) atoms. The molecule has 1 amide bonds. The number of hydrogen-bond acceptors (Lipinski definition) is 5. The maximum atomic E-state index is 13.7. The number of aryl methyl sites for hydroxylation is 1. The van der Waals surface area contributed by atoms with Crippen LogP contribution in [-0.2, 0) is 14.8 Å². The van der Waals surface area contributed by atoms with Gasteiger partial charge in [0, 0.05) is 12.0 Å². The predicted molar refractivity (Wildman–Crippen MR) is 142 cm³/mol. The Balaban J connectivity index is 1.47. The maximum absolute atomic E-state index is 13.7. The van der Waals surface area contributed by atoms with E-state index in [0.29, 0.717) is 17.9 Å². The number of nitrogens with one attached hydrogen (secondary N) is 1. The zero-order valence-electron chi connectivity index (χ0n) is 21.3. The van der Waals surface area contributed by atoms with Crippen molar-refractivity contribution in [2.45, 2.75) is 62.7 Å². The van der Waals surface area contributed by atoms with Gasteiger partial charge in [-0.05, 0) is 55.7 Å². The number of sulfonamides is 1. The van der Waals surface area contributed by atoms with Crippen molar-refractivity contribution in [2.24, 2.45) is 0 Å². The van der Waals surface area contributed by atoms with Crippen LogP contribution >= 0.6 is 0 Å². The van der Waals surface area contributed by atoms with Crippen molar-refractivity contribution in [3.63, 3.8) is 0 Å². The van der Waals surface area contributed by atoms with Crippen molar-refractivity contribution < 1.29 is 22.7 Å². The van der Waals surface area contributed by atoms with Gasteiger partial charge in [0.25, 0.3) is 15.9 Å². The van der Waals surface area contributed by atoms with Crippen LogP contribution in [-0.4, -0.2) is 32.6 Å². The summed E-state index contributed by atoms with van der Waals surface area (Å²) in [6.45, 7) is 5.94. The highest BCUT2D eigenvalue weighted by molar-refractivity contribution is 7.92. The van der Waals surface area contributed by atoms with Crippen molar-refractivity contribution in [1.29, 1.82) is 0 Å². The summed E-state index contributed by atoms with van der Waals surface area (Å²) in [4.78, 5) is 13.8. The van der Waals surface area contributed by atoms with E-state index in [9.17, 15) is 13.2 Å². The Morgan fingerprint density at radius 3 is 2.43 bits per heavy atom. The average molecular weight is 521 g/mol. The van der Waals surface area contributed by atoms with Gasteiger partial charge in [0.2, 0.25) is 0 Å². The quantitative estimate of drug-likeness (QED) is 0.486. The summed E-state index contributed by atoms with van der Waals surface area (Å²) in [6, 6.07) is 21.1. The normalized spacial score (nSPS) is 20.1. The molecule has 3 aromatic rings. The first-order valence-electron chi connectivity index (χ1n) is 12.7. The molecule has 3 aromatic carbocycles. The molecule has 5 rings (SSSR count). The Labute approximate surface area is 218 Å². The minimum atomic E-state index is -3.91. The second-order valence-electron chi connectivity index (χ2n) is 9.72. The van der Waals surface area contributed by atoms with Gasteiger partial charge in [0.05, 0.1) is 23.2 Å². The number of carbonyl (C=O) groups is 1. The second-order valence-corrected chi connectivity index (χ2v) is 11.6. The summed E-state index contributed by atoms with van der Waals surface area (Å²) in [5.41, 5.74) is 1.86. The lowest BCUT2D eigenvalue weighted by atomic mass is 9.83. The second kappa shape index (κ2) is 9.74. The van der Waals surface area contributed by atoms with E-state index in [0.717, 1.165) is 29.7 Å². The van der Waals surface area contributed by atoms with Gasteiger partial charge in [0.15, 0.2) is 6.10 Å². The third kappa shape index (κ3) is 4.66. The van der Waals surface area contributed by atoms with Gasteiger partial charge in [-0.1, -0.05) is 56.3 Å². The van der Waals surface area contributed by atoms with Gasteiger partial charge in [-0.3, -0.25) is 9.10 Å². The average Bonchev–Trinajstić information content (AvgIpc) is 2.92. The summed E-state index contributed by atoms with van der Waals surface area (Å²) < 4.78 is 41.1. The Morgan fingerprint density at radius 1 is 1.00 bits per heavy atom. The molecule has 0 unspecified atom stereocenters. The summed E-state index contributed by atoms with van der Waals surface area (Å²) in [6.07, 6.45) is 1.22. The third-order valence-electron chi connectivity index (χ3n) is 7.41. The van der Waals surface area contributed by atoms with Crippen molar-refractivity contribution >= 4 is 21.6 Å². The molecule has 0 saturated carbocycles. The predicted octanol–water partition coefficient (Wildman–Crippen LogP) is 5.15. The highest BCUT2D eigenvalue weighted by Gasteiger charge is 2.42. The van der Waals surface area contributed by atoms with Crippen LogP contribution in [0.15, 0.2) is 77.7 Å². The number of carbonyl (C=O) groups excluding carboxylic acids is 1. The molecule has 0 aromatic heterocycles. The molecule has 0 aliphatic carbocycles. The lowest BCUT2D eigenvalue weighted by Crippen LogP contribution is -2.52. The number of para-hydroxylation sites is 1. The van der Waals surface area contributed by atoms with E-state index in [-0.39, 0.29) is 29.0 Å². The zero-order valence-corrected chi connectivity index (χ0v) is 22.1. The van der Waals surface area contributed by atoms with Crippen LogP contribution in [0.1, 0.15) is 50.3 Å². The number of nitrogens with zero attached hydrogens (tertiary/aromatic N) is 1. The highest BCUT2D eigenvalue weighted by atomic mass is 32.2. The molecule has 194 valence electrons. The van der Waals surface area contributed by atoms with Crippen LogP contribution in [0.2, 0.25) is 0 Å². The Bertz CT molecular complexity index is 1400. The molecule has 2 aliphatic heterocycles. The smallest absolute Gasteiger partial charge is 0.264 e. The minimum absolute atomic E-state index is 0.128. The van der Waals surface area contributed by atoms with Gasteiger partial charge >= 0.3 is 0 Å². The molecule has 1 N–H and O–H groups in total. The van der Waals surface area contributed by atoms with E-state index in [1.807, 2.05) is 37.3 Å². The molecular weight excluding hydrogens is 488 g/mol. The van der Waals surface area contributed by atoms with E-state index in [2.05, 4.69) is 19.2 Å². The molecular formula is C29H32N2O5S. The van der Waals surface area contributed by atoms with Crippen LogP contribution in [0, 0.1) is 6.92 Å². The summed E-state index contributed by atoms with van der Waals surface area (Å²) >= 11 is 0. The standard InChI is InChI=1S/C29H32N2O5S/c1-4-29(5-2)18-23(22-13-9-10-14-25(22)36-29)30-28(32)27-19-31(24-17-20(3)15-16-26(24)35-27)37(33,34)21-11-7-6-8-12-21/h6-17,23,27H,4-5,18-19H2,1-3H3,(H,30,32)/t23-,27-/m1/s1. The number of hydrogen-bond donors (Lipinski definition) is 1. The molecule has 2 aliphatic rings. The fraction of sp³-hybridized carbons (Fsp3) is 0.345. The zero-order chi connectivity index (χ0) is 26.2. The summed E-state index contributed by atoms with van der Waals surface area (Å²) in [5.74, 6) is 0.768. The summed E-state index contributed by atoms with van der Waals surface area (Å²) in [7, 11) is -3.91. The third-order valence-corrected chi connectivity index (χ3v) is 9.20. The molecule has 0 saturated heterocycles. The number of amides is 1. The molecule has 8 heteroatoms. The first-order chi connectivity index (χ1) is 17.8. The largest absolute Gasteiger partial charge is 0.487 e. The highest BCUT2D eigenvalue weighted by Crippen LogP contribution is 2.43. The first kappa shape index (κ1) is 25.1. The molecule has 2 atom stereocenters. The molecule has 0 bridgehead atoms. The summed E-state index contributed by atoms with van der Waals surface area (Å²) in [5, 5.41) is 3.16. The molecule has 0 spiro atoms. The van der Waals surface area contributed by atoms with Crippen LogP contribution < -0.4 is 19.1 Å². The van der Waals surface area contributed by atoms with Crippen LogP contribution in [0.25, 0.3) is 0 Å². The van der Waals surface area contributed by atoms with E-state index in [1.165, 1.54) is 4.31 Å². The van der Waals surface area contributed by atoms with Crippen molar-refractivity contribution in [1.82, 2.24) is 5.32 Å². The van der Waals surface area contributed by atoms with Gasteiger partial charge in [-0.2, -0.15) is 0 Å². The first-order valence-corrected chi connectivity index (χ1v) is 14.1. The number of ether oxygens (including phenoxy) is 2. The van der Waals surface area contributed by atoms with E-state index in [4.69, 9.17) is 9.47 Å². The Hall–Kier alpha value is -3.52.